The Bertz CT molecular complexity index is 1350. The minimum absolute atomic E-state index is 0.0692. The lowest BCUT2D eigenvalue weighted by Crippen LogP contribution is -2.34. The number of ether oxygens (including phenoxy) is 3. The van der Waals surface area contributed by atoms with E-state index >= 15 is 0 Å². The molecule has 3 rings (SSSR count). The highest BCUT2D eigenvalue weighted by molar-refractivity contribution is 7.98. The van der Waals surface area contributed by atoms with Crippen LogP contribution in [0, 0.1) is 11.6 Å². The van der Waals surface area contributed by atoms with Crippen LogP contribution in [0.1, 0.15) is 20.8 Å². The zero-order valence-electron chi connectivity index (χ0n) is 21.7. The van der Waals surface area contributed by atoms with E-state index in [2.05, 4.69) is 15.3 Å². The number of benzene rings is 1. The van der Waals surface area contributed by atoms with Gasteiger partial charge in [-0.3, -0.25) is 9.36 Å². The van der Waals surface area contributed by atoms with Crippen molar-refractivity contribution in [1.82, 2.24) is 19.9 Å². The molecule has 1 aromatic carbocycles. The van der Waals surface area contributed by atoms with Crippen molar-refractivity contribution in [3.8, 4) is 11.1 Å². The van der Waals surface area contributed by atoms with Gasteiger partial charge < -0.3 is 25.3 Å². The Morgan fingerprint density at radius 1 is 1.16 bits per heavy atom. The minimum atomic E-state index is -1.01. The molecule has 0 spiro atoms. The van der Waals surface area contributed by atoms with Crippen LogP contribution in [-0.2, 0) is 20.8 Å². The van der Waals surface area contributed by atoms with Crippen LogP contribution in [-0.4, -0.2) is 65.5 Å². The maximum Gasteiger partial charge on any atom is 0.407 e. The lowest BCUT2D eigenvalue weighted by atomic mass is 10.0. The summed E-state index contributed by atoms with van der Waals surface area (Å²) < 4.78 is 46.8. The second-order valence-corrected chi connectivity index (χ2v) is 9.90. The molecule has 0 saturated carbocycles. The average molecular weight is 552 g/mol. The van der Waals surface area contributed by atoms with Gasteiger partial charge in [-0.1, -0.05) is 11.8 Å². The van der Waals surface area contributed by atoms with Crippen molar-refractivity contribution < 1.29 is 27.8 Å². The standard InChI is InChI=1S/C25H31F2N5O5S/c1-25(2,3)37-24(34)29-7-9-35-11-12-36-10-8-32-21-15(14-30-23(31-21)38-4)13-16(22(32)33)19-17(26)5-6-18(28)20(19)27/h5-6,13-14H,7-12,28H2,1-4H3,(H,29,34). The SMILES string of the molecule is CSc1ncc2cc(-c3c(F)ccc(N)c3F)c(=O)n(CCOCCOCCNC(=O)OC(C)(C)C)c2n1. The summed E-state index contributed by atoms with van der Waals surface area (Å²) in [6, 6.07) is 3.48. The number of amides is 1. The smallest absolute Gasteiger partial charge is 0.407 e. The van der Waals surface area contributed by atoms with Crippen molar-refractivity contribution >= 4 is 34.6 Å². The molecule has 38 heavy (non-hydrogen) atoms. The van der Waals surface area contributed by atoms with Crippen LogP contribution in [0.3, 0.4) is 0 Å². The first kappa shape index (κ1) is 29.3. The molecule has 0 aliphatic heterocycles. The van der Waals surface area contributed by atoms with E-state index in [0.29, 0.717) is 16.2 Å². The molecular weight excluding hydrogens is 520 g/mol. The first-order valence-electron chi connectivity index (χ1n) is 11.8. The number of carbonyl (C=O) groups is 1. The second-order valence-electron chi connectivity index (χ2n) is 9.13. The molecule has 0 radical (unpaired) electrons. The average Bonchev–Trinajstić information content (AvgIpc) is 2.85. The lowest BCUT2D eigenvalue weighted by molar-refractivity contribution is 0.0383. The maximum atomic E-state index is 14.8. The van der Waals surface area contributed by atoms with Crippen molar-refractivity contribution in [2.45, 2.75) is 38.1 Å². The lowest BCUT2D eigenvalue weighted by Gasteiger charge is -2.19. The number of anilines is 1. The number of pyridine rings is 1. The Morgan fingerprint density at radius 2 is 1.87 bits per heavy atom. The monoisotopic (exact) mass is 551 g/mol. The van der Waals surface area contributed by atoms with Crippen LogP contribution < -0.4 is 16.6 Å². The number of nitrogen functional groups attached to an aromatic ring is 1. The van der Waals surface area contributed by atoms with E-state index in [1.807, 2.05) is 0 Å². The zero-order chi connectivity index (χ0) is 27.9. The molecule has 206 valence electrons. The minimum Gasteiger partial charge on any atom is -0.444 e. The number of nitrogens with zero attached hydrogens (tertiary/aromatic N) is 3. The normalized spacial score (nSPS) is 11.6. The summed E-state index contributed by atoms with van der Waals surface area (Å²) in [5.41, 5.74) is 3.75. The van der Waals surface area contributed by atoms with E-state index in [9.17, 15) is 18.4 Å². The van der Waals surface area contributed by atoms with E-state index in [1.54, 1.807) is 27.0 Å². The highest BCUT2D eigenvalue weighted by Gasteiger charge is 2.21. The number of alkyl carbamates (subject to hydrolysis) is 1. The van der Waals surface area contributed by atoms with Gasteiger partial charge in [-0.05, 0) is 45.2 Å². The van der Waals surface area contributed by atoms with Gasteiger partial charge in [-0.25, -0.2) is 23.5 Å². The molecule has 0 aliphatic carbocycles. The highest BCUT2D eigenvalue weighted by Crippen LogP contribution is 2.29. The van der Waals surface area contributed by atoms with Gasteiger partial charge >= 0.3 is 6.09 Å². The van der Waals surface area contributed by atoms with Crippen molar-refractivity contribution in [1.29, 1.82) is 0 Å². The number of halogens is 2. The fourth-order valence-corrected chi connectivity index (χ4v) is 3.80. The Balaban J connectivity index is 1.65. The molecule has 13 heteroatoms. The summed E-state index contributed by atoms with van der Waals surface area (Å²) in [6.45, 7) is 6.52. The molecule has 0 unspecified atom stereocenters. The largest absolute Gasteiger partial charge is 0.444 e. The topological polar surface area (TPSA) is 131 Å². The summed E-state index contributed by atoms with van der Waals surface area (Å²) in [4.78, 5) is 33.6. The summed E-state index contributed by atoms with van der Waals surface area (Å²) in [5, 5.41) is 3.45. The van der Waals surface area contributed by atoms with Crippen LogP contribution in [0.2, 0.25) is 0 Å². The fraction of sp³-hybridized carbons (Fsp3) is 0.440. The Kier molecular flexibility index (Phi) is 10.00. The summed E-state index contributed by atoms with van der Waals surface area (Å²) >= 11 is 1.30. The molecular formula is C25H31F2N5O5S. The molecule has 3 N–H and O–H groups in total. The quantitative estimate of drug-likeness (QED) is 0.159. The molecule has 10 nitrogen and oxygen atoms in total. The molecule has 0 fully saturated rings. The van der Waals surface area contributed by atoms with Gasteiger partial charge in [-0.15, -0.1) is 0 Å². The maximum absolute atomic E-state index is 14.8. The third-order valence-corrected chi connectivity index (χ3v) is 5.69. The number of rotatable bonds is 11. The van der Waals surface area contributed by atoms with Crippen molar-refractivity contribution in [2.24, 2.45) is 0 Å². The number of nitrogens with one attached hydrogen (secondary N) is 1. The third kappa shape index (κ3) is 7.62. The first-order chi connectivity index (χ1) is 18.0. The fourth-order valence-electron chi connectivity index (χ4n) is 3.46. The Labute approximate surface area is 222 Å². The molecule has 0 saturated heterocycles. The molecule has 0 bridgehead atoms. The van der Waals surface area contributed by atoms with Gasteiger partial charge in [0.15, 0.2) is 11.0 Å². The van der Waals surface area contributed by atoms with Crippen molar-refractivity contribution in [2.75, 3.05) is 45.0 Å². The summed E-state index contributed by atoms with van der Waals surface area (Å²) in [5.74, 6) is -1.92. The number of nitrogens with two attached hydrogens (primary N) is 1. The van der Waals surface area contributed by atoms with Crippen LogP contribution in [0.25, 0.3) is 22.2 Å². The number of aromatic nitrogens is 3. The van der Waals surface area contributed by atoms with Crippen LogP contribution in [0.15, 0.2) is 34.3 Å². The predicted octanol–water partition coefficient (Wildman–Crippen LogP) is 3.60. The number of carbonyl (C=O) groups excluding carboxylic acids is 1. The molecule has 2 aromatic heterocycles. The zero-order valence-corrected chi connectivity index (χ0v) is 22.5. The number of thioether (sulfide) groups is 1. The molecule has 3 aromatic rings. The van der Waals surface area contributed by atoms with Crippen LogP contribution in [0.5, 0.6) is 0 Å². The predicted molar refractivity (Wildman–Crippen MR) is 141 cm³/mol. The first-order valence-corrected chi connectivity index (χ1v) is 13.0. The number of fused-ring (bicyclic) bond motifs is 1. The van der Waals surface area contributed by atoms with Crippen LogP contribution in [0.4, 0.5) is 19.3 Å². The number of hydrogen-bond donors (Lipinski definition) is 2. The van der Waals surface area contributed by atoms with Gasteiger partial charge in [0.05, 0.1) is 49.8 Å². The van der Waals surface area contributed by atoms with Crippen molar-refractivity contribution in [3.63, 3.8) is 0 Å². The second kappa shape index (κ2) is 13.0. The van der Waals surface area contributed by atoms with Gasteiger partial charge in [0.1, 0.15) is 17.1 Å². The Hall–Kier alpha value is -3.29. The molecule has 0 aliphatic rings. The van der Waals surface area contributed by atoms with Crippen LogP contribution >= 0.6 is 11.8 Å². The Morgan fingerprint density at radius 3 is 2.55 bits per heavy atom. The summed E-state index contributed by atoms with van der Waals surface area (Å²) in [7, 11) is 0. The van der Waals surface area contributed by atoms with E-state index in [-0.39, 0.29) is 50.8 Å². The summed E-state index contributed by atoms with van der Waals surface area (Å²) in [6.07, 6.45) is 2.76. The molecule has 1 amide bonds. The van der Waals surface area contributed by atoms with E-state index in [0.717, 1.165) is 12.1 Å². The van der Waals surface area contributed by atoms with E-state index < -0.39 is 34.5 Å². The van der Waals surface area contributed by atoms with Gasteiger partial charge in [-0.2, -0.15) is 0 Å². The van der Waals surface area contributed by atoms with Gasteiger partial charge in [0, 0.05) is 18.1 Å². The molecule has 2 heterocycles. The third-order valence-electron chi connectivity index (χ3n) is 5.12. The molecule has 0 atom stereocenters. The number of hydrogen-bond acceptors (Lipinski definition) is 9. The van der Waals surface area contributed by atoms with Crippen molar-refractivity contribution in [3.05, 3.63) is 46.4 Å². The van der Waals surface area contributed by atoms with Gasteiger partial charge in [0.2, 0.25) is 0 Å². The van der Waals surface area contributed by atoms with Gasteiger partial charge in [0.25, 0.3) is 5.56 Å². The highest BCUT2D eigenvalue weighted by atomic mass is 32.2. The van der Waals surface area contributed by atoms with E-state index in [1.165, 1.54) is 28.6 Å². The van der Waals surface area contributed by atoms with E-state index in [4.69, 9.17) is 19.9 Å².